The highest BCUT2D eigenvalue weighted by atomic mass is 32.2. The lowest BCUT2D eigenvalue weighted by atomic mass is 10.5. The molecule has 6 heteroatoms. The smallest absolute Gasteiger partial charge is 0.191 e. The van der Waals surface area contributed by atoms with Gasteiger partial charge in [0.05, 0.1) is 0 Å². The van der Waals surface area contributed by atoms with Crippen LogP contribution in [0.3, 0.4) is 0 Å². The first-order valence-electron chi connectivity index (χ1n) is 3.95. The molecule has 0 aliphatic heterocycles. The summed E-state index contributed by atoms with van der Waals surface area (Å²) in [5.41, 5.74) is 16.3. The molecule has 0 atom stereocenters. The quantitative estimate of drug-likeness (QED) is 0.360. The first kappa shape index (κ1) is 10.1. The van der Waals surface area contributed by atoms with Crippen LogP contribution >= 0.6 is 11.8 Å². The molecular formula is C7H13N5S. The average molecular weight is 199 g/mol. The van der Waals surface area contributed by atoms with Crippen molar-refractivity contribution in [3.8, 4) is 0 Å². The molecule has 1 heterocycles. The highest BCUT2D eigenvalue weighted by Gasteiger charge is 2.00. The van der Waals surface area contributed by atoms with Crippen LogP contribution in [-0.4, -0.2) is 22.3 Å². The van der Waals surface area contributed by atoms with E-state index in [0.29, 0.717) is 23.3 Å². The average Bonchev–Trinajstić information content (AvgIpc) is 2.03. The Morgan fingerprint density at radius 2 is 1.85 bits per heavy atom. The summed E-state index contributed by atoms with van der Waals surface area (Å²) in [7, 11) is 0. The van der Waals surface area contributed by atoms with E-state index in [1.165, 1.54) is 17.8 Å². The van der Waals surface area contributed by atoms with Crippen LogP contribution in [0.4, 0.5) is 11.6 Å². The number of nitrogens with two attached hydrogens (primary N) is 3. The van der Waals surface area contributed by atoms with Crippen molar-refractivity contribution < 1.29 is 0 Å². The Morgan fingerprint density at radius 3 is 2.38 bits per heavy atom. The van der Waals surface area contributed by atoms with Gasteiger partial charge in [-0.2, -0.15) is 0 Å². The number of aromatic nitrogens is 2. The Bertz CT molecular complexity index is 257. The SMILES string of the molecule is NCCCSc1nc(N)cc(N)n1. The van der Waals surface area contributed by atoms with Gasteiger partial charge in [-0.25, -0.2) is 9.97 Å². The van der Waals surface area contributed by atoms with E-state index in [1.54, 1.807) is 0 Å². The van der Waals surface area contributed by atoms with E-state index >= 15 is 0 Å². The largest absolute Gasteiger partial charge is 0.383 e. The first-order chi connectivity index (χ1) is 6.22. The van der Waals surface area contributed by atoms with E-state index < -0.39 is 0 Å². The van der Waals surface area contributed by atoms with Crippen molar-refractivity contribution in [1.29, 1.82) is 0 Å². The molecule has 0 amide bonds. The van der Waals surface area contributed by atoms with Crippen LogP contribution in [0.2, 0.25) is 0 Å². The Kier molecular flexibility index (Phi) is 3.78. The van der Waals surface area contributed by atoms with E-state index in [9.17, 15) is 0 Å². The van der Waals surface area contributed by atoms with Crippen LogP contribution in [-0.2, 0) is 0 Å². The fourth-order valence-electron chi connectivity index (χ4n) is 0.773. The van der Waals surface area contributed by atoms with Gasteiger partial charge in [0.25, 0.3) is 0 Å². The third kappa shape index (κ3) is 3.47. The van der Waals surface area contributed by atoms with E-state index in [2.05, 4.69) is 9.97 Å². The van der Waals surface area contributed by atoms with Crippen LogP contribution < -0.4 is 17.2 Å². The minimum Gasteiger partial charge on any atom is -0.383 e. The Balaban J connectivity index is 2.56. The third-order valence-corrected chi connectivity index (χ3v) is 2.26. The van der Waals surface area contributed by atoms with Crippen molar-refractivity contribution in [3.05, 3.63) is 6.07 Å². The number of anilines is 2. The summed E-state index contributed by atoms with van der Waals surface area (Å²) >= 11 is 1.51. The normalized spacial score (nSPS) is 10.2. The van der Waals surface area contributed by atoms with Gasteiger partial charge in [-0.1, -0.05) is 11.8 Å². The molecule has 0 aliphatic rings. The summed E-state index contributed by atoms with van der Waals surface area (Å²) < 4.78 is 0. The first-order valence-corrected chi connectivity index (χ1v) is 4.94. The van der Waals surface area contributed by atoms with E-state index in [1.807, 2.05) is 0 Å². The topological polar surface area (TPSA) is 104 Å². The monoisotopic (exact) mass is 199 g/mol. The van der Waals surface area contributed by atoms with Gasteiger partial charge < -0.3 is 17.2 Å². The lowest BCUT2D eigenvalue weighted by molar-refractivity contribution is 0.930. The van der Waals surface area contributed by atoms with Crippen LogP contribution in [0.25, 0.3) is 0 Å². The second kappa shape index (κ2) is 4.88. The van der Waals surface area contributed by atoms with Gasteiger partial charge in [-0.3, -0.25) is 0 Å². The lowest BCUT2D eigenvalue weighted by Crippen LogP contribution is -2.02. The maximum Gasteiger partial charge on any atom is 0.191 e. The fraction of sp³-hybridized carbons (Fsp3) is 0.429. The highest BCUT2D eigenvalue weighted by Crippen LogP contribution is 2.16. The van der Waals surface area contributed by atoms with Gasteiger partial charge in [-0.15, -0.1) is 0 Å². The molecule has 1 aromatic rings. The number of hydrogen-bond acceptors (Lipinski definition) is 6. The van der Waals surface area contributed by atoms with Gasteiger partial charge in [-0.05, 0) is 13.0 Å². The molecule has 0 aromatic carbocycles. The van der Waals surface area contributed by atoms with Crippen molar-refractivity contribution in [2.24, 2.45) is 5.73 Å². The molecule has 0 unspecified atom stereocenters. The Morgan fingerprint density at radius 1 is 1.23 bits per heavy atom. The molecule has 5 nitrogen and oxygen atoms in total. The number of nitrogen functional groups attached to an aromatic ring is 2. The lowest BCUT2D eigenvalue weighted by Gasteiger charge is -2.01. The zero-order chi connectivity index (χ0) is 9.68. The summed E-state index contributed by atoms with van der Waals surface area (Å²) in [6.45, 7) is 0.671. The molecule has 0 saturated heterocycles. The number of hydrogen-bond donors (Lipinski definition) is 3. The molecule has 0 spiro atoms. The highest BCUT2D eigenvalue weighted by molar-refractivity contribution is 7.99. The predicted octanol–water partition coefficient (Wildman–Crippen LogP) is 0.0819. The molecule has 72 valence electrons. The minimum atomic E-state index is 0.405. The second-order valence-electron chi connectivity index (χ2n) is 2.49. The molecule has 0 aliphatic carbocycles. The van der Waals surface area contributed by atoms with E-state index in [4.69, 9.17) is 17.2 Å². The Hall–Kier alpha value is -1.01. The summed E-state index contributed by atoms with van der Waals surface area (Å²) in [4.78, 5) is 8.03. The van der Waals surface area contributed by atoms with Crippen molar-refractivity contribution in [1.82, 2.24) is 9.97 Å². The molecule has 0 bridgehead atoms. The summed E-state index contributed by atoms with van der Waals surface area (Å²) in [5.74, 6) is 1.70. The van der Waals surface area contributed by atoms with E-state index in [0.717, 1.165) is 12.2 Å². The zero-order valence-electron chi connectivity index (χ0n) is 7.23. The standard InChI is InChI=1S/C7H13N5S/c8-2-1-3-13-7-11-5(9)4-6(10)12-7/h4H,1-3,8H2,(H4,9,10,11,12). The molecule has 0 fully saturated rings. The van der Waals surface area contributed by atoms with Gasteiger partial charge in [0, 0.05) is 11.8 Å². The predicted molar refractivity (Wildman–Crippen MR) is 55.3 cm³/mol. The maximum atomic E-state index is 5.49. The van der Waals surface area contributed by atoms with Gasteiger partial charge in [0.2, 0.25) is 0 Å². The molecule has 6 N–H and O–H groups in total. The van der Waals surface area contributed by atoms with Gasteiger partial charge in [0.1, 0.15) is 11.6 Å². The Labute approximate surface area is 81.1 Å². The van der Waals surface area contributed by atoms with Gasteiger partial charge >= 0.3 is 0 Å². The molecular weight excluding hydrogens is 186 g/mol. The van der Waals surface area contributed by atoms with Crippen LogP contribution in [0, 0.1) is 0 Å². The molecule has 13 heavy (non-hydrogen) atoms. The van der Waals surface area contributed by atoms with Crippen molar-refractivity contribution in [2.45, 2.75) is 11.6 Å². The fourth-order valence-corrected chi connectivity index (χ4v) is 1.61. The molecule has 0 radical (unpaired) electrons. The van der Waals surface area contributed by atoms with Crippen LogP contribution in [0.5, 0.6) is 0 Å². The number of thioether (sulfide) groups is 1. The molecule has 1 aromatic heterocycles. The molecule has 0 saturated carbocycles. The van der Waals surface area contributed by atoms with Crippen molar-refractivity contribution in [3.63, 3.8) is 0 Å². The molecule has 1 rings (SSSR count). The van der Waals surface area contributed by atoms with Crippen LogP contribution in [0.1, 0.15) is 6.42 Å². The second-order valence-corrected chi connectivity index (χ2v) is 3.55. The summed E-state index contributed by atoms with van der Waals surface area (Å²) in [5, 5.41) is 0.617. The number of rotatable bonds is 4. The zero-order valence-corrected chi connectivity index (χ0v) is 8.05. The van der Waals surface area contributed by atoms with E-state index in [-0.39, 0.29) is 0 Å². The van der Waals surface area contributed by atoms with Gasteiger partial charge in [0.15, 0.2) is 5.16 Å². The van der Waals surface area contributed by atoms with Crippen molar-refractivity contribution in [2.75, 3.05) is 23.8 Å². The summed E-state index contributed by atoms with van der Waals surface area (Å²) in [6, 6.07) is 1.53. The summed E-state index contributed by atoms with van der Waals surface area (Å²) in [6.07, 6.45) is 0.933. The minimum absolute atomic E-state index is 0.405. The van der Waals surface area contributed by atoms with Crippen LogP contribution in [0.15, 0.2) is 11.2 Å². The van der Waals surface area contributed by atoms with Crippen molar-refractivity contribution >= 4 is 23.4 Å². The third-order valence-electron chi connectivity index (χ3n) is 1.32. The maximum absolute atomic E-state index is 5.49. The number of nitrogens with zero attached hydrogens (tertiary/aromatic N) is 2.